The van der Waals surface area contributed by atoms with Crippen LogP contribution in [0.4, 0.5) is 11.4 Å². The van der Waals surface area contributed by atoms with Crippen LogP contribution in [0.2, 0.25) is 0 Å². The summed E-state index contributed by atoms with van der Waals surface area (Å²) in [6.45, 7) is 2.96. The van der Waals surface area contributed by atoms with Gasteiger partial charge in [-0.25, -0.2) is 0 Å². The van der Waals surface area contributed by atoms with Gasteiger partial charge in [-0.3, -0.25) is 9.69 Å². The first-order chi connectivity index (χ1) is 11.1. The summed E-state index contributed by atoms with van der Waals surface area (Å²) in [6, 6.07) is 17.6. The minimum atomic E-state index is -0.301. The molecule has 5 heteroatoms. The van der Waals surface area contributed by atoms with Crippen LogP contribution < -0.4 is 16.4 Å². The lowest BCUT2D eigenvalue weighted by molar-refractivity contribution is -0.123. The first kappa shape index (κ1) is 15.4. The number of hydrogen-bond acceptors (Lipinski definition) is 4. The van der Waals surface area contributed by atoms with Gasteiger partial charge in [-0.2, -0.15) is 0 Å². The standard InChI is InChI=1S/C18H22N4O/c19-15-7-4-8-16(11-15)21-9-10-22(17(13-21)18(20)23)12-14-5-2-1-3-6-14/h1-8,11,17H,9-10,12-13,19H2,(H2,20,23). The molecular formula is C18H22N4O. The second-order valence-corrected chi connectivity index (χ2v) is 5.92. The summed E-state index contributed by atoms with van der Waals surface area (Å²) in [7, 11) is 0. The van der Waals surface area contributed by atoms with E-state index in [1.165, 1.54) is 5.56 Å². The summed E-state index contributed by atoms with van der Waals surface area (Å²) < 4.78 is 0. The molecule has 2 aromatic rings. The van der Waals surface area contributed by atoms with Gasteiger partial charge < -0.3 is 16.4 Å². The number of rotatable bonds is 4. The van der Waals surface area contributed by atoms with E-state index in [-0.39, 0.29) is 11.9 Å². The van der Waals surface area contributed by atoms with E-state index in [1.807, 2.05) is 42.5 Å². The molecule has 3 rings (SSSR count). The Hall–Kier alpha value is -2.53. The molecule has 4 N–H and O–H groups in total. The highest BCUT2D eigenvalue weighted by molar-refractivity contribution is 5.81. The molecule has 5 nitrogen and oxygen atoms in total. The van der Waals surface area contributed by atoms with Crippen LogP contribution in [0, 0.1) is 0 Å². The highest BCUT2D eigenvalue weighted by atomic mass is 16.1. The van der Waals surface area contributed by atoms with E-state index in [0.29, 0.717) is 6.54 Å². The first-order valence-corrected chi connectivity index (χ1v) is 7.81. The maximum Gasteiger partial charge on any atom is 0.236 e. The van der Waals surface area contributed by atoms with Gasteiger partial charge in [-0.1, -0.05) is 36.4 Å². The average Bonchev–Trinajstić information content (AvgIpc) is 2.56. The Bertz CT molecular complexity index is 674. The monoisotopic (exact) mass is 310 g/mol. The van der Waals surface area contributed by atoms with Crippen molar-refractivity contribution in [3.8, 4) is 0 Å². The minimum absolute atomic E-state index is 0.283. The molecule has 120 valence electrons. The van der Waals surface area contributed by atoms with Gasteiger partial charge in [0.15, 0.2) is 0 Å². The fourth-order valence-electron chi connectivity index (χ4n) is 3.05. The Labute approximate surface area is 136 Å². The molecule has 1 heterocycles. The fourth-order valence-corrected chi connectivity index (χ4v) is 3.05. The number of primary amides is 1. The second kappa shape index (κ2) is 6.71. The highest BCUT2D eigenvalue weighted by Gasteiger charge is 2.31. The number of piperazine rings is 1. The smallest absolute Gasteiger partial charge is 0.236 e. The zero-order valence-electron chi connectivity index (χ0n) is 13.1. The Kier molecular flexibility index (Phi) is 4.48. The van der Waals surface area contributed by atoms with Gasteiger partial charge in [0, 0.05) is 37.6 Å². The molecule has 0 bridgehead atoms. The normalized spacial score (nSPS) is 18.8. The lowest BCUT2D eigenvalue weighted by Crippen LogP contribution is -2.57. The molecular weight excluding hydrogens is 288 g/mol. The van der Waals surface area contributed by atoms with Crippen molar-refractivity contribution >= 4 is 17.3 Å². The van der Waals surface area contributed by atoms with E-state index in [4.69, 9.17) is 11.5 Å². The van der Waals surface area contributed by atoms with Crippen LogP contribution in [0.1, 0.15) is 5.56 Å². The number of nitrogen functional groups attached to an aromatic ring is 1. The summed E-state index contributed by atoms with van der Waals surface area (Å²) in [4.78, 5) is 16.3. The number of nitrogens with two attached hydrogens (primary N) is 2. The van der Waals surface area contributed by atoms with Gasteiger partial charge in [0.1, 0.15) is 6.04 Å². The van der Waals surface area contributed by atoms with Crippen molar-refractivity contribution in [1.29, 1.82) is 0 Å². The van der Waals surface area contributed by atoms with Crippen molar-refractivity contribution in [3.05, 3.63) is 60.2 Å². The summed E-state index contributed by atoms with van der Waals surface area (Å²) in [5, 5.41) is 0. The fraction of sp³-hybridized carbons (Fsp3) is 0.278. The number of carbonyl (C=O) groups excluding carboxylic acids is 1. The molecule has 2 aromatic carbocycles. The van der Waals surface area contributed by atoms with Crippen molar-refractivity contribution in [2.24, 2.45) is 5.73 Å². The van der Waals surface area contributed by atoms with Crippen LogP contribution >= 0.6 is 0 Å². The summed E-state index contributed by atoms with van der Waals surface area (Å²) in [5.41, 5.74) is 14.5. The van der Waals surface area contributed by atoms with Gasteiger partial charge in [0.05, 0.1) is 0 Å². The molecule has 1 amide bonds. The maximum absolute atomic E-state index is 11.9. The molecule has 23 heavy (non-hydrogen) atoms. The second-order valence-electron chi connectivity index (χ2n) is 5.92. The predicted molar refractivity (Wildman–Crippen MR) is 92.9 cm³/mol. The average molecular weight is 310 g/mol. The molecule has 1 aliphatic heterocycles. The largest absolute Gasteiger partial charge is 0.399 e. The summed E-state index contributed by atoms with van der Waals surface area (Å²) >= 11 is 0. The third-order valence-electron chi connectivity index (χ3n) is 4.28. The van der Waals surface area contributed by atoms with Crippen LogP contribution in [0.3, 0.4) is 0 Å². The van der Waals surface area contributed by atoms with Crippen LogP contribution in [0.15, 0.2) is 54.6 Å². The zero-order chi connectivity index (χ0) is 16.2. The van der Waals surface area contributed by atoms with E-state index < -0.39 is 0 Å². The molecule has 0 aromatic heterocycles. The molecule has 1 unspecified atom stereocenters. The maximum atomic E-state index is 11.9. The number of nitrogens with zero attached hydrogens (tertiary/aromatic N) is 2. The Balaban J connectivity index is 1.74. The van der Waals surface area contributed by atoms with Crippen LogP contribution in [0.5, 0.6) is 0 Å². The molecule has 0 radical (unpaired) electrons. The molecule has 0 spiro atoms. The van der Waals surface area contributed by atoms with Gasteiger partial charge in [0.25, 0.3) is 0 Å². The predicted octanol–water partition coefficient (Wildman–Crippen LogP) is 1.44. The number of amides is 1. The van der Waals surface area contributed by atoms with Gasteiger partial charge in [-0.15, -0.1) is 0 Å². The molecule has 0 aliphatic carbocycles. The lowest BCUT2D eigenvalue weighted by Gasteiger charge is -2.41. The minimum Gasteiger partial charge on any atom is -0.399 e. The van der Waals surface area contributed by atoms with E-state index in [1.54, 1.807) is 0 Å². The SMILES string of the molecule is NC(=O)C1CN(c2cccc(N)c2)CCN1Cc1ccccc1. The van der Waals surface area contributed by atoms with Crippen LogP contribution in [-0.2, 0) is 11.3 Å². The van der Waals surface area contributed by atoms with E-state index in [0.717, 1.165) is 31.0 Å². The summed E-state index contributed by atoms with van der Waals surface area (Å²) in [5.74, 6) is -0.283. The summed E-state index contributed by atoms with van der Waals surface area (Å²) in [6.07, 6.45) is 0. The number of anilines is 2. The van der Waals surface area contributed by atoms with Crippen molar-refractivity contribution in [2.75, 3.05) is 30.3 Å². The number of carbonyl (C=O) groups is 1. The molecule has 1 atom stereocenters. The van der Waals surface area contributed by atoms with Crippen molar-refractivity contribution in [3.63, 3.8) is 0 Å². The van der Waals surface area contributed by atoms with Gasteiger partial charge >= 0.3 is 0 Å². The van der Waals surface area contributed by atoms with Crippen LogP contribution in [0.25, 0.3) is 0 Å². The van der Waals surface area contributed by atoms with Crippen molar-refractivity contribution < 1.29 is 4.79 Å². The third-order valence-corrected chi connectivity index (χ3v) is 4.28. The zero-order valence-corrected chi connectivity index (χ0v) is 13.1. The first-order valence-electron chi connectivity index (χ1n) is 7.81. The molecule has 1 aliphatic rings. The van der Waals surface area contributed by atoms with Crippen molar-refractivity contribution in [2.45, 2.75) is 12.6 Å². The Morgan fingerprint density at radius 2 is 1.87 bits per heavy atom. The highest BCUT2D eigenvalue weighted by Crippen LogP contribution is 2.22. The molecule has 1 saturated heterocycles. The Morgan fingerprint density at radius 1 is 1.09 bits per heavy atom. The Morgan fingerprint density at radius 3 is 2.57 bits per heavy atom. The van der Waals surface area contributed by atoms with Crippen molar-refractivity contribution in [1.82, 2.24) is 4.90 Å². The third kappa shape index (κ3) is 3.63. The number of hydrogen-bond donors (Lipinski definition) is 2. The molecule has 0 saturated carbocycles. The lowest BCUT2D eigenvalue weighted by atomic mass is 10.1. The molecule has 1 fully saturated rings. The van der Waals surface area contributed by atoms with E-state index in [9.17, 15) is 4.79 Å². The van der Waals surface area contributed by atoms with Crippen LogP contribution in [-0.4, -0.2) is 36.5 Å². The van der Waals surface area contributed by atoms with E-state index >= 15 is 0 Å². The number of benzene rings is 2. The topological polar surface area (TPSA) is 75.6 Å². The van der Waals surface area contributed by atoms with Gasteiger partial charge in [-0.05, 0) is 23.8 Å². The van der Waals surface area contributed by atoms with E-state index in [2.05, 4.69) is 21.9 Å². The van der Waals surface area contributed by atoms with Gasteiger partial charge in [0.2, 0.25) is 5.91 Å². The quantitative estimate of drug-likeness (QED) is 0.838.